The third-order valence-electron chi connectivity index (χ3n) is 8.10. The van der Waals surface area contributed by atoms with E-state index in [1.54, 1.807) is 32.4 Å². The summed E-state index contributed by atoms with van der Waals surface area (Å²) in [7, 11) is 6.11. The van der Waals surface area contributed by atoms with Crippen LogP contribution in [-0.4, -0.2) is 54.3 Å². The lowest BCUT2D eigenvalue weighted by Crippen LogP contribution is -2.14. The lowest BCUT2D eigenvalue weighted by atomic mass is 10.0. The molecule has 2 heterocycles. The first-order valence-electron chi connectivity index (χ1n) is 16.3. The van der Waals surface area contributed by atoms with Crippen LogP contribution in [-0.2, 0) is 24.1 Å². The minimum atomic E-state index is -0.428. The van der Waals surface area contributed by atoms with Crippen LogP contribution in [0.2, 0.25) is 0 Å². The molecule has 1 amide bonds. The monoisotopic (exact) mass is 720 g/mol. The number of hydrogen-bond donors (Lipinski definition) is 2. The molecule has 0 radical (unpaired) electrons. The van der Waals surface area contributed by atoms with E-state index in [2.05, 4.69) is 19.9 Å². The average Bonchev–Trinajstić information content (AvgIpc) is 3.15. The van der Waals surface area contributed by atoms with Crippen molar-refractivity contribution in [2.75, 3.05) is 34.2 Å². The lowest BCUT2D eigenvalue weighted by Gasteiger charge is -2.11. The van der Waals surface area contributed by atoms with Gasteiger partial charge < -0.3 is 30.4 Å². The summed E-state index contributed by atoms with van der Waals surface area (Å²) < 4.78 is 47.8. The van der Waals surface area contributed by atoms with Crippen LogP contribution in [0.5, 0.6) is 23.0 Å². The molecule has 4 N–H and O–H groups in total. The molecule has 53 heavy (non-hydrogen) atoms. The van der Waals surface area contributed by atoms with Crippen molar-refractivity contribution < 1.29 is 32.5 Å². The van der Waals surface area contributed by atoms with Crippen molar-refractivity contribution in [1.82, 2.24) is 19.9 Å². The van der Waals surface area contributed by atoms with Crippen molar-refractivity contribution in [2.45, 2.75) is 19.3 Å². The first-order valence-corrected chi connectivity index (χ1v) is 16.3. The van der Waals surface area contributed by atoms with E-state index in [0.29, 0.717) is 64.0 Å². The van der Waals surface area contributed by atoms with Gasteiger partial charge in [0.05, 0.1) is 51.9 Å². The Morgan fingerprint density at radius 1 is 0.585 bits per heavy atom. The molecule has 0 saturated carbocycles. The molecule has 0 spiro atoms. The predicted molar refractivity (Wildman–Crippen MR) is 197 cm³/mol. The molecule has 0 aliphatic heterocycles. The van der Waals surface area contributed by atoms with Gasteiger partial charge in [0, 0.05) is 53.1 Å². The van der Waals surface area contributed by atoms with Crippen LogP contribution in [0, 0.1) is 11.6 Å². The van der Waals surface area contributed by atoms with E-state index in [9.17, 15) is 13.6 Å². The maximum absolute atomic E-state index is 13.5. The molecule has 0 aliphatic carbocycles. The largest absolute Gasteiger partial charge is 0.496 e. The van der Waals surface area contributed by atoms with Gasteiger partial charge in [0.25, 0.3) is 0 Å². The molecular weight excluding hydrogens is 682 g/mol. The topological polar surface area (TPSA) is 158 Å². The molecule has 11 nitrogen and oxygen atoms in total. The van der Waals surface area contributed by atoms with Gasteiger partial charge >= 0.3 is 0 Å². The zero-order valence-corrected chi connectivity index (χ0v) is 29.6. The minimum Gasteiger partial charge on any atom is -0.496 e. The summed E-state index contributed by atoms with van der Waals surface area (Å²) in [6, 6.07) is 23.6. The molecule has 2 aromatic heterocycles. The summed E-state index contributed by atoms with van der Waals surface area (Å²) >= 11 is 0. The maximum Gasteiger partial charge on any atom is 0.221 e. The zero-order chi connectivity index (χ0) is 37.9. The highest BCUT2D eigenvalue weighted by molar-refractivity contribution is 5.77. The Morgan fingerprint density at radius 3 is 1.51 bits per heavy atom. The number of amides is 1. The van der Waals surface area contributed by atoms with Crippen LogP contribution < -0.4 is 30.4 Å². The number of carbonyl (C=O) groups is 1. The fraction of sp³-hybridized carbons (Fsp3) is 0.175. The van der Waals surface area contributed by atoms with E-state index in [1.165, 1.54) is 51.1 Å². The highest BCUT2D eigenvalue weighted by Gasteiger charge is 2.13. The van der Waals surface area contributed by atoms with Gasteiger partial charge in [0.1, 0.15) is 47.3 Å². The molecule has 0 atom stereocenters. The number of benzene rings is 4. The molecule has 4 aromatic carbocycles. The standard InChI is InChI=1S/C21H20FN3O3.C19H18FN3O2/c1-27-19-6-3-13(7-14(19)9-21(23)26)8-16-11-18(25-12-24-16)17-5-4-15(22)10-20(17)28-2;1-24-18-6-3-12(8-16(18)21)7-14-10-17(23-11-22-14)15-5-4-13(20)9-19(15)25-2/h3-7,10-12H,8-9H2,1-2H3,(H2,23,26);3-6,8-11H,7,21H2,1-2H3. The van der Waals surface area contributed by atoms with E-state index in [0.717, 1.165) is 28.1 Å². The van der Waals surface area contributed by atoms with Gasteiger partial charge in [-0.1, -0.05) is 18.2 Å². The number of rotatable bonds is 12. The number of methoxy groups -OCH3 is 4. The van der Waals surface area contributed by atoms with Crippen LogP contribution in [0.25, 0.3) is 22.5 Å². The summed E-state index contributed by atoms with van der Waals surface area (Å²) in [6.07, 6.45) is 4.16. The Balaban J connectivity index is 0.000000206. The Bertz CT molecular complexity index is 2220. The molecule has 272 valence electrons. The van der Waals surface area contributed by atoms with Gasteiger partial charge in [-0.2, -0.15) is 0 Å². The van der Waals surface area contributed by atoms with Crippen molar-refractivity contribution in [3.63, 3.8) is 0 Å². The number of nitrogens with two attached hydrogens (primary N) is 2. The first-order chi connectivity index (χ1) is 25.6. The molecule has 0 saturated heterocycles. The molecule has 0 aliphatic rings. The Kier molecular flexibility index (Phi) is 12.4. The predicted octanol–water partition coefficient (Wildman–Crippen LogP) is 6.39. The molecule has 0 bridgehead atoms. The van der Waals surface area contributed by atoms with Crippen molar-refractivity contribution in [3.05, 3.63) is 137 Å². The second kappa shape index (κ2) is 17.5. The summed E-state index contributed by atoms with van der Waals surface area (Å²) in [5, 5.41) is 0. The van der Waals surface area contributed by atoms with Crippen LogP contribution in [0.4, 0.5) is 14.5 Å². The van der Waals surface area contributed by atoms with Crippen LogP contribution >= 0.6 is 0 Å². The molecular formula is C40H38F2N6O5. The molecule has 13 heteroatoms. The van der Waals surface area contributed by atoms with Crippen molar-refractivity contribution in [2.24, 2.45) is 5.73 Å². The summed E-state index contributed by atoms with van der Waals surface area (Å²) in [5.74, 6) is 0.920. The van der Waals surface area contributed by atoms with Crippen LogP contribution in [0.3, 0.4) is 0 Å². The normalized spacial score (nSPS) is 10.5. The smallest absolute Gasteiger partial charge is 0.221 e. The summed E-state index contributed by atoms with van der Waals surface area (Å²) in [6.45, 7) is 0. The Hall–Kier alpha value is -6.63. The summed E-state index contributed by atoms with van der Waals surface area (Å²) in [4.78, 5) is 28.5. The fourth-order valence-electron chi connectivity index (χ4n) is 5.62. The van der Waals surface area contributed by atoms with E-state index in [1.807, 2.05) is 42.5 Å². The molecule has 0 fully saturated rings. The van der Waals surface area contributed by atoms with Crippen LogP contribution in [0.1, 0.15) is 28.1 Å². The maximum atomic E-state index is 13.5. The average molecular weight is 721 g/mol. The number of halogens is 2. The second-order valence-corrected chi connectivity index (χ2v) is 11.7. The molecule has 6 rings (SSSR count). The van der Waals surface area contributed by atoms with E-state index >= 15 is 0 Å². The van der Waals surface area contributed by atoms with Gasteiger partial charge in [-0.05, 0) is 65.7 Å². The number of hydrogen-bond acceptors (Lipinski definition) is 10. The number of nitrogens with zero attached hydrogens (tertiary/aromatic N) is 4. The number of ether oxygens (including phenoxy) is 4. The van der Waals surface area contributed by atoms with E-state index in [-0.39, 0.29) is 18.1 Å². The quantitative estimate of drug-likeness (QED) is 0.136. The van der Waals surface area contributed by atoms with Gasteiger partial charge in [0.2, 0.25) is 5.91 Å². The van der Waals surface area contributed by atoms with E-state index < -0.39 is 5.91 Å². The number of carbonyl (C=O) groups excluding carboxylic acids is 1. The zero-order valence-electron chi connectivity index (χ0n) is 29.6. The Labute approximate surface area is 305 Å². The number of anilines is 1. The van der Waals surface area contributed by atoms with Crippen molar-refractivity contribution in [3.8, 4) is 45.5 Å². The first kappa shape index (κ1) is 37.6. The number of nitrogen functional groups attached to an aromatic ring is 1. The third-order valence-corrected chi connectivity index (χ3v) is 8.10. The molecule has 6 aromatic rings. The van der Waals surface area contributed by atoms with Gasteiger partial charge in [-0.3, -0.25) is 4.79 Å². The third kappa shape index (κ3) is 9.79. The van der Waals surface area contributed by atoms with Crippen molar-refractivity contribution in [1.29, 1.82) is 0 Å². The van der Waals surface area contributed by atoms with Crippen LogP contribution in [0.15, 0.2) is 97.6 Å². The molecule has 0 unspecified atom stereocenters. The second-order valence-electron chi connectivity index (χ2n) is 11.7. The number of primary amides is 1. The Morgan fingerprint density at radius 2 is 1.06 bits per heavy atom. The number of aromatic nitrogens is 4. The minimum absolute atomic E-state index is 0.0960. The SMILES string of the molecule is COc1ccc(Cc2cc(-c3ccc(F)cc3OC)ncn2)cc1CC(N)=O.COc1ccc(Cc2cc(-c3ccc(F)cc3OC)ncn2)cc1N. The van der Waals surface area contributed by atoms with Gasteiger partial charge in [-0.25, -0.2) is 28.7 Å². The highest BCUT2D eigenvalue weighted by atomic mass is 19.1. The highest BCUT2D eigenvalue weighted by Crippen LogP contribution is 2.31. The van der Waals surface area contributed by atoms with Crippen molar-refractivity contribution >= 4 is 11.6 Å². The van der Waals surface area contributed by atoms with E-state index in [4.69, 9.17) is 30.4 Å². The van der Waals surface area contributed by atoms with Gasteiger partial charge in [0.15, 0.2) is 0 Å². The lowest BCUT2D eigenvalue weighted by molar-refractivity contribution is -0.117. The summed E-state index contributed by atoms with van der Waals surface area (Å²) in [5.41, 5.74) is 18.8. The van der Waals surface area contributed by atoms with Gasteiger partial charge in [-0.15, -0.1) is 0 Å². The fourth-order valence-corrected chi connectivity index (χ4v) is 5.62.